The molecule has 2 aromatic carbocycles. The summed E-state index contributed by atoms with van der Waals surface area (Å²) in [5.74, 6) is 1.68. The predicted octanol–water partition coefficient (Wildman–Crippen LogP) is 3.87. The first-order chi connectivity index (χ1) is 14.9. The van der Waals surface area contributed by atoms with Crippen LogP contribution in [0.1, 0.15) is 32.1 Å². The second kappa shape index (κ2) is 9.30. The summed E-state index contributed by atoms with van der Waals surface area (Å²) in [4.78, 5) is 17.2. The molecule has 166 valence electrons. The van der Waals surface area contributed by atoms with Crippen LogP contribution < -0.4 is 9.64 Å². The maximum absolute atomic E-state index is 13.4. The number of carbonyl (C=O) groups excluding carboxylic acids is 1. The Labute approximate surface area is 184 Å². The van der Waals surface area contributed by atoms with E-state index in [1.165, 1.54) is 0 Å². The third kappa shape index (κ3) is 5.21. The Kier molecular flexibility index (Phi) is 6.51. The van der Waals surface area contributed by atoms with Gasteiger partial charge in [-0.1, -0.05) is 43.2 Å². The van der Waals surface area contributed by atoms with E-state index < -0.39 is 9.84 Å². The molecule has 6 nitrogen and oxygen atoms in total. The number of carbonyl (C=O) groups is 1. The second-order valence-electron chi connectivity index (χ2n) is 8.54. The minimum atomic E-state index is -3.05. The van der Waals surface area contributed by atoms with E-state index >= 15 is 0 Å². The predicted molar refractivity (Wildman–Crippen MR) is 122 cm³/mol. The molecule has 2 aromatic rings. The quantitative estimate of drug-likeness (QED) is 0.651. The smallest absolute Gasteiger partial charge is 0.242 e. The Hall–Kier alpha value is -2.54. The monoisotopic (exact) mass is 442 g/mol. The first-order valence-corrected chi connectivity index (χ1v) is 12.8. The Bertz CT molecular complexity index is 1000. The van der Waals surface area contributed by atoms with Gasteiger partial charge in [-0.2, -0.15) is 0 Å². The standard InChI is InChI=1S/C24H30N2O4S/c1-25(22-13-7-8-14-23(22)30-21-11-3-2-4-12-21)17-24(27)26(19-9-5-6-10-19)20-15-16-31(28,29)18-20/h2-4,7-8,11-14,19-20H,5-6,9-10,15-18H2,1H3. The normalized spacial score (nSPS) is 20.5. The van der Waals surface area contributed by atoms with Gasteiger partial charge in [0.15, 0.2) is 15.6 Å². The molecule has 1 aliphatic carbocycles. The van der Waals surface area contributed by atoms with Gasteiger partial charge < -0.3 is 14.5 Å². The minimum absolute atomic E-state index is 0.00832. The summed E-state index contributed by atoms with van der Waals surface area (Å²) in [6.07, 6.45) is 4.65. The summed E-state index contributed by atoms with van der Waals surface area (Å²) in [6.45, 7) is 0.183. The highest BCUT2D eigenvalue weighted by atomic mass is 32.2. The molecular weight excluding hydrogens is 412 g/mol. The lowest BCUT2D eigenvalue weighted by Gasteiger charge is -2.35. The number of amides is 1. The van der Waals surface area contributed by atoms with E-state index in [0.29, 0.717) is 12.2 Å². The summed E-state index contributed by atoms with van der Waals surface area (Å²) in [5, 5.41) is 0. The van der Waals surface area contributed by atoms with E-state index in [1.807, 2.05) is 71.4 Å². The minimum Gasteiger partial charge on any atom is -0.455 e. The number of hydrogen-bond acceptors (Lipinski definition) is 5. The van der Waals surface area contributed by atoms with Crippen molar-refractivity contribution in [2.45, 2.75) is 44.2 Å². The molecule has 1 atom stereocenters. The topological polar surface area (TPSA) is 66.9 Å². The number of hydrogen-bond donors (Lipinski definition) is 0. The van der Waals surface area contributed by atoms with Gasteiger partial charge in [0.2, 0.25) is 5.91 Å². The van der Waals surface area contributed by atoms with Crippen LogP contribution in [-0.4, -0.2) is 56.4 Å². The van der Waals surface area contributed by atoms with Crippen molar-refractivity contribution in [2.75, 3.05) is 30.0 Å². The van der Waals surface area contributed by atoms with Crippen LogP contribution in [0.25, 0.3) is 0 Å². The number of para-hydroxylation sites is 3. The van der Waals surface area contributed by atoms with Gasteiger partial charge in [0.05, 0.1) is 23.7 Å². The van der Waals surface area contributed by atoms with Crippen molar-refractivity contribution in [1.82, 2.24) is 4.90 Å². The number of anilines is 1. The summed E-state index contributed by atoms with van der Waals surface area (Å²) in [5.41, 5.74) is 0.824. The molecule has 1 heterocycles. The highest BCUT2D eigenvalue weighted by Gasteiger charge is 2.39. The van der Waals surface area contributed by atoms with Crippen molar-refractivity contribution in [3.05, 3.63) is 54.6 Å². The van der Waals surface area contributed by atoms with E-state index in [4.69, 9.17) is 4.74 Å². The molecular formula is C24H30N2O4S. The van der Waals surface area contributed by atoms with Crippen LogP contribution in [0.15, 0.2) is 54.6 Å². The van der Waals surface area contributed by atoms with Gasteiger partial charge in [-0.15, -0.1) is 0 Å². The van der Waals surface area contributed by atoms with E-state index in [2.05, 4.69) is 0 Å². The van der Waals surface area contributed by atoms with Gasteiger partial charge in [-0.25, -0.2) is 8.42 Å². The molecule has 7 heteroatoms. The molecule has 4 rings (SSSR count). The fourth-order valence-corrected chi connectivity index (χ4v) is 6.44. The average molecular weight is 443 g/mol. The van der Waals surface area contributed by atoms with E-state index in [9.17, 15) is 13.2 Å². The molecule has 2 fully saturated rings. The highest BCUT2D eigenvalue weighted by Crippen LogP contribution is 2.33. The molecule has 31 heavy (non-hydrogen) atoms. The van der Waals surface area contributed by atoms with Crippen LogP contribution in [0.5, 0.6) is 11.5 Å². The number of benzene rings is 2. The van der Waals surface area contributed by atoms with Crippen LogP contribution in [0, 0.1) is 0 Å². The molecule has 0 aromatic heterocycles. The second-order valence-corrected chi connectivity index (χ2v) is 10.8. The van der Waals surface area contributed by atoms with E-state index in [1.54, 1.807) is 0 Å². The first-order valence-electron chi connectivity index (χ1n) is 11.0. The summed E-state index contributed by atoms with van der Waals surface area (Å²) >= 11 is 0. The maximum Gasteiger partial charge on any atom is 0.242 e. The van der Waals surface area contributed by atoms with Gasteiger partial charge >= 0.3 is 0 Å². The number of ether oxygens (including phenoxy) is 1. The highest BCUT2D eigenvalue weighted by molar-refractivity contribution is 7.91. The summed E-state index contributed by atoms with van der Waals surface area (Å²) in [6, 6.07) is 17.2. The third-order valence-corrected chi connectivity index (χ3v) is 7.98. The largest absolute Gasteiger partial charge is 0.455 e. The van der Waals surface area contributed by atoms with Crippen molar-refractivity contribution < 1.29 is 17.9 Å². The molecule has 1 saturated carbocycles. The van der Waals surface area contributed by atoms with Crippen molar-refractivity contribution >= 4 is 21.4 Å². The SMILES string of the molecule is CN(CC(=O)N(C1CCCC1)C1CCS(=O)(=O)C1)c1ccccc1Oc1ccccc1. The zero-order valence-corrected chi connectivity index (χ0v) is 18.8. The lowest BCUT2D eigenvalue weighted by molar-refractivity contribution is -0.134. The van der Waals surface area contributed by atoms with Crippen LogP contribution in [0.3, 0.4) is 0 Å². The first kappa shape index (κ1) is 21.7. The number of nitrogens with zero attached hydrogens (tertiary/aromatic N) is 2. The third-order valence-electron chi connectivity index (χ3n) is 6.23. The molecule has 0 radical (unpaired) electrons. The lowest BCUT2D eigenvalue weighted by Crippen LogP contribution is -2.50. The zero-order chi connectivity index (χ0) is 21.8. The van der Waals surface area contributed by atoms with Crippen molar-refractivity contribution in [3.8, 4) is 11.5 Å². The van der Waals surface area contributed by atoms with Gasteiger partial charge in [-0.05, 0) is 43.5 Å². The molecule has 1 unspecified atom stereocenters. The average Bonchev–Trinajstić information content (AvgIpc) is 3.39. The van der Waals surface area contributed by atoms with Gasteiger partial charge in [0, 0.05) is 19.1 Å². The number of sulfone groups is 1. The van der Waals surface area contributed by atoms with Crippen molar-refractivity contribution in [2.24, 2.45) is 0 Å². The molecule has 1 aliphatic heterocycles. The van der Waals surface area contributed by atoms with Crippen LogP contribution in [0.2, 0.25) is 0 Å². The fourth-order valence-electron chi connectivity index (χ4n) is 4.73. The number of rotatable bonds is 7. The molecule has 1 saturated heterocycles. The van der Waals surface area contributed by atoms with Gasteiger partial charge in [-0.3, -0.25) is 4.79 Å². The lowest BCUT2D eigenvalue weighted by atomic mass is 10.1. The van der Waals surface area contributed by atoms with Crippen molar-refractivity contribution in [1.29, 1.82) is 0 Å². The van der Waals surface area contributed by atoms with Gasteiger partial charge in [0.1, 0.15) is 5.75 Å². The van der Waals surface area contributed by atoms with Crippen LogP contribution in [-0.2, 0) is 14.6 Å². The van der Waals surface area contributed by atoms with E-state index in [0.717, 1.165) is 37.1 Å². The van der Waals surface area contributed by atoms with Crippen LogP contribution >= 0.6 is 0 Å². The molecule has 0 spiro atoms. The fraction of sp³-hybridized carbons (Fsp3) is 0.458. The van der Waals surface area contributed by atoms with E-state index in [-0.39, 0.29) is 36.0 Å². The molecule has 0 N–H and O–H groups in total. The molecule has 2 aliphatic rings. The Morgan fingerprint density at radius 3 is 2.32 bits per heavy atom. The summed E-state index contributed by atoms with van der Waals surface area (Å²) in [7, 11) is -1.17. The van der Waals surface area contributed by atoms with Gasteiger partial charge in [0.25, 0.3) is 0 Å². The summed E-state index contributed by atoms with van der Waals surface area (Å²) < 4.78 is 30.2. The maximum atomic E-state index is 13.4. The number of likely N-dealkylation sites (N-methyl/N-ethyl adjacent to an activating group) is 1. The zero-order valence-electron chi connectivity index (χ0n) is 17.9. The molecule has 0 bridgehead atoms. The Morgan fingerprint density at radius 1 is 0.968 bits per heavy atom. The van der Waals surface area contributed by atoms with Crippen molar-refractivity contribution in [3.63, 3.8) is 0 Å². The molecule has 1 amide bonds. The Morgan fingerprint density at radius 2 is 1.65 bits per heavy atom. The van der Waals surface area contributed by atoms with Crippen LogP contribution in [0.4, 0.5) is 5.69 Å². The Balaban J connectivity index is 1.51.